The van der Waals surface area contributed by atoms with Crippen molar-refractivity contribution in [3.8, 4) is 0 Å². The zero-order valence-electron chi connectivity index (χ0n) is 30.2. The molecule has 0 aromatic heterocycles. The molecular formula is C39H77NO4. The molecule has 0 radical (unpaired) electrons. The molecule has 0 aromatic rings. The van der Waals surface area contributed by atoms with E-state index in [1.165, 1.54) is 103 Å². The number of nitrogens with zero attached hydrogens (tertiary/aromatic N) is 1. The molecule has 2 unspecified atom stereocenters. The summed E-state index contributed by atoms with van der Waals surface area (Å²) in [6.07, 6.45) is 28.6. The number of allylic oxidation sites excluding steroid dienone is 1. The second-order valence-corrected chi connectivity index (χ2v) is 13.2. The first-order chi connectivity index (χ1) is 21.5. The minimum atomic E-state index is 0.0198. The summed E-state index contributed by atoms with van der Waals surface area (Å²) in [5, 5.41) is 9.21. The zero-order chi connectivity index (χ0) is 32.5. The number of ether oxygens (including phenoxy) is 2. The van der Waals surface area contributed by atoms with Gasteiger partial charge in [-0.05, 0) is 83.8 Å². The lowest BCUT2D eigenvalue weighted by Crippen LogP contribution is -2.27. The Kier molecular flexibility index (Phi) is 32.5. The molecule has 1 N–H and O–H groups in total. The van der Waals surface area contributed by atoms with E-state index in [-0.39, 0.29) is 11.9 Å². The standard InChI is InChI=1S/C39H77NO4/c1-6-10-28-37(8-3)36(5)43-34-26-20-16-12-14-18-22-30-40(32-24-25-33-41)31-23-19-15-13-17-21-27-35-44-39(42)38(9-4)29-11-7-2/h37-38,41H,5-35H2,1-4H3. The maximum absolute atomic E-state index is 12.2. The van der Waals surface area contributed by atoms with Crippen molar-refractivity contribution in [3.63, 3.8) is 0 Å². The molecule has 5 heteroatoms. The van der Waals surface area contributed by atoms with Crippen molar-refractivity contribution in [2.45, 2.75) is 182 Å². The van der Waals surface area contributed by atoms with Gasteiger partial charge in [0.2, 0.25) is 0 Å². The highest BCUT2D eigenvalue weighted by Crippen LogP contribution is 2.22. The van der Waals surface area contributed by atoms with Crippen molar-refractivity contribution < 1.29 is 19.4 Å². The van der Waals surface area contributed by atoms with Crippen molar-refractivity contribution >= 4 is 5.97 Å². The predicted octanol–water partition coefficient (Wildman–Crippen LogP) is 11.0. The van der Waals surface area contributed by atoms with Crippen molar-refractivity contribution in [2.75, 3.05) is 39.5 Å². The van der Waals surface area contributed by atoms with Gasteiger partial charge in [0.1, 0.15) is 0 Å². The number of hydrogen-bond donors (Lipinski definition) is 1. The van der Waals surface area contributed by atoms with Crippen LogP contribution in [0.25, 0.3) is 0 Å². The molecule has 0 bridgehead atoms. The molecule has 0 aliphatic heterocycles. The van der Waals surface area contributed by atoms with E-state index in [4.69, 9.17) is 9.47 Å². The molecule has 0 saturated carbocycles. The molecule has 0 rings (SSSR count). The van der Waals surface area contributed by atoms with E-state index in [0.29, 0.717) is 19.1 Å². The van der Waals surface area contributed by atoms with Crippen LogP contribution in [-0.2, 0) is 14.3 Å². The molecule has 0 heterocycles. The third-order valence-electron chi connectivity index (χ3n) is 9.24. The topological polar surface area (TPSA) is 59.0 Å². The fraction of sp³-hybridized carbons (Fsp3) is 0.923. The predicted molar refractivity (Wildman–Crippen MR) is 190 cm³/mol. The Morgan fingerprint density at radius 2 is 0.977 bits per heavy atom. The molecule has 0 amide bonds. The average Bonchev–Trinajstić information content (AvgIpc) is 3.03. The monoisotopic (exact) mass is 624 g/mol. The van der Waals surface area contributed by atoms with Crippen LogP contribution in [0.2, 0.25) is 0 Å². The van der Waals surface area contributed by atoms with Crippen LogP contribution < -0.4 is 0 Å². The van der Waals surface area contributed by atoms with Gasteiger partial charge in [-0.15, -0.1) is 0 Å². The highest BCUT2D eigenvalue weighted by atomic mass is 16.5. The molecule has 0 aromatic carbocycles. The van der Waals surface area contributed by atoms with E-state index in [1.807, 2.05) is 0 Å². The van der Waals surface area contributed by atoms with Crippen molar-refractivity contribution in [3.05, 3.63) is 12.3 Å². The third-order valence-corrected chi connectivity index (χ3v) is 9.24. The lowest BCUT2D eigenvalue weighted by Gasteiger charge is -2.22. The minimum absolute atomic E-state index is 0.0198. The van der Waals surface area contributed by atoms with Crippen molar-refractivity contribution in [1.82, 2.24) is 4.90 Å². The molecule has 0 spiro atoms. The smallest absolute Gasteiger partial charge is 0.308 e. The van der Waals surface area contributed by atoms with E-state index < -0.39 is 0 Å². The number of hydrogen-bond acceptors (Lipinski definition) is 5. The second-order valence-electron chi connectivity index (χ2n) is 13.2. The zero-order valence-corrected chi connectivity index (χ0v) is 30.2. The number of carbonyl (C=O) groups excluding carboxylic acids is 1. The number of esters is 1. The molecule has 262 valence electrons. The van der Waals surface area contributed by atoms with Crippen LogP contribution in [0.5, 0.6) is 0 Å². The van der Waals surface area contributed by atoms with Crippen LogP contribution in [0.15, 0.2) is 12.3 Å². The van der Waals surface area contributed by atoms with Crippen LogP contribution in [0, 0.1) is 11.8 Å². The van der Waals surface area contributed by atoms with Gasteiger partial charge in [0.15, 0.2) is 0 Å². The Hall–Kier alpha value is -1.07. The summed E-state index contributed by atoms with van der Waals surface area (Å²) in [7, 11) is 0. The summed E-state index contributed by atoms with van der Waals surface area (Å²) in [4.78, 5) is 14.8. The molecule has 0 fully saturated rings. The van der Waals surface area contributed by atoms with E-state index in [0.717, 1.165) is 83.1 Å². The maximum atomic E-state index is 12.2. The lowest BCUT2D eigenvalue weighted by atomic mass is 9.98. The van der Waals surface area contributed by atoms with Gasteiger partial charge in [0.05, 0.1) is 24.9 Å². The van der Waals surface area contributed by atoms with Crippen LogP contribution in [0.4, 0.5) is 0 Å². The lowest BCUT2D eigenvalue weighted by molar-refractivity contribution is -0.149. The van der Waals surface area contributed by atoms with Gasteiger partial charge in [-0.3, -0.25) is 4.79 Å². The summed E-state index contributed by atoms with van der Waals surface area (Å²) in [6, 6.07) is 0. The van der Waals surface area contributed by atoms with E-state index in [9.17, 15) is 9.90 Å². The first-order valence-corrected chi connectivity index (χ1v) is 19.3. The molecule has 5 nitrogen and oxygen atoms in total. The first kappa shape index (κ1) is 42.9. The quantitative estimate of drug-likeness (QED) is 0.0432. The first-order valence-electron chi connectivity index (χ1n) is 19.3. The number of aliphatic hydroxyl groups excluding tert-OH is 1. The van der Waals surface area contributed by atoms with Gasteiger partial charge in [0.25, 0.3) is 0 Å². The fourth-order valence-electron chi connectivity index (χ4n) is 6.02. The SMILES string of the molecule is C=C(OCCCCCCCCCN(CCCCO)CCCCCCCCCOC(=O)C(CC)CCCC)C(CC)CCCC. The molecule has 0 saturated heterocycles. The van der Waals surface area contributed by atoms with Crippen LogP contribution in [0.3, 0.4) is 0 Å². The highest BCUT2D eigenvalue weighted by molar-refractivity contribution is 5.72. The number of carbonyl (C=O) groups is 1. The fourth-order valence-corrected chi connectivity index (χ4v) is 6.02. The number of rotatable bonds is 35. The summed E-state index contributed by atoms with van der Waals surface area (Å²) in [5.41, 5.74) is 0. The molecule has 0 aliphatic rings. The van der Waals surface area contributed by atoms with E-state index in [2.05, 4.69) is 39.2 Å². The Bertz CT molecular complexity index is 577. The molecule has 2 atom stereocenters. The average molecular weight is 624 g/mol. The van der Waals surface area contributed by atoms with Gasteiger partial charge in [0, 0.05) is 12.5 Å². The van der Waals surface area contributed by atoms with E-state index >= 15 is 0 Å². The third kappa shape index (κ3) is 26.2. The second kappa shape index (κ2) is 33.3. The van der Waals surface area contributed by atoms with Gasteiger partial charge in [-0.25, -0.2) is 0 Å². The van der Waals surface area contributed by atoms with Crippen molar-refractivity contribution in [1.29, 1.82) is 0 Å². The summed E-state index contributed by atoms with van der Waals surface area (Å²) < 4.78 is 11.5. The Labute approximate surface area is 275 Å². The van der Waals surface area contributed by atoms with Crippen molar-refractivity contribution in [2.24, 2.45) is 11.8 Å². The highest BCUT2D eigenvalue weighted by Gasteiger charge is 2.17. The normalized spacial score (nSPS) is 12.9. The summed E-state index contributed by atoms with van der Waals surface area (Å²) in [5.74, 6) is 1.66. The van der Waals surface area contributed by atoms with Gasteiger partial charge in [-0.2, -0.15) is 0 Å². The Morgan fingerprint density at radius 3 is 1.43 bits per heavy atom. The van der Waals surface area contributed by atoms with E-state index in [1.54, 1.807) is 0 Å². The van der Waals surface area contributed by atoms with Gasteiger partial charge >= 0.3 is 5.97 Å². The maximum Gasteiger partial charge on any atom is 0.308 e. The Balaban J connectivity index is 3.83. The van der Waals surface area contributed by atoms with Crippen LogP contribution in [0.1, 0.15) is 182 Å². The largest absolute Gasteiger partial charge is 0.498 e. The molecular weight excluding hydrogens is 546 g/mol. The number of aliphatic hydroxyl groups is 1. The molecule has 0 aliphatic carbocycles. The van der Waals surface area contributed by atoms with Gasteiger partial charge < -0.3 is 19.5 Å². The van der Waals surface area contributed by atoms with Gasteiger partial charge in [-0.1, -0.05) is 124 Å². The summed E-state index contributed by atoms with van der Waals surface area (Å²) in [6.45, 7) is 18.2. The van der Waals surface area contributed by atoms with Crippen LogP contribution >= 0.6 is 0 Å². The summed E-state index contributed by atoms with van der Waals surface area (Å²) >= 11 is 0. The van der Waals surface area contributed by atoms with Crippen LogP contribution in [-0.4, -0.2) is 55.4 Å². The Morgan fingerprint density at radius 1 is 0.568 bits per heavy atom. The minimum Gasteiger partial charge on any atom is -0.498 e. The molecule has 44 heavy (non-hydrogen) atoms. The number of unbranched alkanes of at least 4 members (excludes halogenated alkanes) is 15.